The molecule has 1 aromatic heterocycles. The lowest BCUT2D eigenvalue weighted by Gasteiger charge is -2.22. The van der Waals surface area contributed by atoms with Gasteiger partial charge in [0.15, 0.2) is 0 Å². The van der Waals surface area contributed by atoms with E-state index in [9.17, 15) is 14.4 Å². The molecule has 0 aliphatic carbocycles. The third-order valence-corrected chi connectivity index (χ3v) is 4.77. The van der Waals surface area contributed by atoms with Crippen LogP contribution >= 0.6 is 11.8 Å². The highest BCUT2D eigenvalue weighted by atomic mass is 32.2. The first-order valence-corrected chi connectivity index (χ1v) is 11.3. The summed E-state index contributed by atoms with van der Waals surface area (Å²) in [5, 5.41) is 3.39. The van der Waals surface area contributed by atoms with Crippen LogP contribution in [-0.4, -0.2) is 35.7 Å². The topological polar surface area (TPSA) is 94.8 Å². The monoisotopic (exact) mass is 435 g/mol. The minimum absolute atomic E-state index is 0.240. The highest BCUT2D eigenvalue weighted by Crippen LogP contribution is 2.24. The fraction of sp³-hybridized carbons (Fsp3) is 0.500. The van der Waals surface area contributed by atoms with Crippen molar-refractivity contribution in [1.82, 2.24) is 5.32 Å². The lowest BCUT2D eigenvalue weighted by Crippen LogP contribution is -2.45. The normalized spacial score (nSPS) is 12.4. The summed E-state index contributed by atoms with van der Waals surface area (Å²) >= 11 is 1.55. The molecule has 0 aliphatic rings. The minimum atomic E-state index is -0.860. The van der Waals surface area contributed by atoms with Crippen LogP contribution in [0.15, 0.2) is 33.5 Å². The first-order valence-electron chi connectivity index (χ1n) is 9.90. The molecule has 0 saturated carbocycles. The number of amides is 1. The Morgan fingerprint density at radius 3 is 2.60 bits per heavy atom. The van der Waals surface area contributed by atoms with Crippen LogP contribution in [0.25, 0.3) is 11.0 Å². The van der Waals surface area contributed by atoms with E-state index >= 15 is 0 Å². The van der Waals surface area contributed by atoms with E-state index in [1.54, 1.807) is 44.7 Å². The van der Waals surface area contributed by atoms with Crippen molar-refractivity contribution in [2.24, 2.45) is 0 Å². The molecule has 0 fully saturated rings. The fourth-order valence-electron chi connectivity index (χ4n) is 2.87. The van der Waals surface area contributed by atoms with Gasteiger partial charge in [-0.25, -0.2) is 14.4 Å². The zero-order chi connectivity index (χ0) is 22.3. The van der Waals surface area contributed by atoms with E-state index in [2.05, 4.69) is 5.32 Å². The quantitative estimate of drug-likeness (QED) is 0.375. The lowest BCUT2D eigenvalue weighted by molar-refractivity contribution is -0.136. The van der Waals surface area contributed by atoms with Gasteiger partial charge in [-0.2, -0.15) is 11.8 Å². The van der Waals surface area contributed by atoms with Gasteiger partial charge < -0.3 is 19.2 Å². The summed E-state index contributed by atoms with van der Waals surface area (Å²) < 4.78 is 16.0. The largest absolute Gasteiger partial charge is 0.444 e. The molecular weight excluding hydrogens is 406 g/mol. The van der Waals surface area contributed by atoms with Gasteiger partial charge in [-0.3, -0.25) is 0 Å². The van der Waals surface area contributed by atoms with Crippen LogP contribution in [0.1, 0.15) is 46.1 Å². The molecule has 0 unspecified atom stereocenters. The van der Waals surface area contributed by atoms with Crippen LogP contribution in [0, 0.1) is 0 Å². The molecule has 0 spiro atoms. The molecule has 2 aromatic rings. The van der Waals surface area contributed by atoms with Crippen LogP contribution in [0.5, 0.6) is 5.75 Å². The number of aryl methyl sites for hydroxylation is 1. The van der Waals surface area contributed by atoms with E-state index in [0.29, 0.717) is 17.8 Å². The van der Waals surface area contributed by atoms with Crippen LogP contribution in [-0.2, 0) is 16.0 Å². The molecule has 0 bridgehead atoms. The van der Waals surface area contributed by atoms with Gasteiger partial charge in [-0.1, -0.05) is 13.3 Å². The van der Waals surface area contributed by atoms with Gasteiger partial charge in [0.2, 0.25) is 0 Å². The number of esters is 1. The molecule has 30 heavy (non-hydrogen) atoms. The molecule has 1 amide bonds. The third-order valence-electron chi connectivity index (χ3n) is 4.13. The number of alkyl carbamates (subject to hydrolysis) is 1. The molecule has 0 aliphatic heterocycles. The maximum atomic E-state index is 12.7. The Morgan fingerprint density at radius 1 is 1.23 bits per heavy atom. The summed E-state index contributed by atoms with van der Waals surface area (Å²) in [7, 11) is 0. The van der Waals surface area contributed by atoms with E-state index in [0.717, 1.165) is 23.8 Å². The number of thioether (sulfide) groups is 1. The Labute approximate surface area is 180 Å². The summed E-state index contributed by atoms with van der Waals surface area (Å²) in [6.45, 7) is 7.27. The van der Waals surface area contributed by atoms with Crippen LogP contribution < -0.4 is 15.7 Å². The second kappa shape index (κ2) is 10.5. The fourth-order valence-corrected chi connectivity index (χ4v) is 3.34. The third kappa shape index (κ3) is 7.09. The van der Waals surface area contributed by atoms with E-state index < -0.39 is 29.3 Å². The number of fused-ring (bicyclic) bond motifs is 1. The highest BCUT2D eigenvalue weighted by molar-refractivity contribution is 7.98. The van der Waals surface area contributed by atoms with Crippen LogP contribution in [0.3, 0.4) is 0 Å². The van der Waals surface area contributed by atoms with Crippen molar-refractivity contribution in [2.45, 2.75) is 58.6 Å². The Balaban J connectivity index is 2.20. The van der Waals surface area contributed by atoms with Crippen molar-refractivity contribution in [3.8, 4) is 5.75 Å². The number of hydrogen-bond acceptors (Lipinski definition) is 7. The SMILES string of the molecule is CCCc1cc(=O)oc2cc(OC(=O)[C@@H](CCSC)NC(=O)OC(C)(C)C)ccc12. The molecule has 0 radical (unpaired) electrons. The Kier molecular flexibility index (Phi) is 8.34. The first-order chi connectivity index (χ1) is 14.1. The van der Waals surface area contributed by atoms with Gasteiger partial charge in [-0.15, -0.1) is 0 Å². The van der Waals surface area contributed by atoms with E-state index in [1.165, 1.54) is 12.1 Å². The number of ether oxygens (including phenoxy) is 2. The average molecular weight is 436 g/mol. The highest BCUT2D eigenvalue weighted by Gasteiger charge is 2.26. The van der Waals surface area contributed by atoms with E-state index in [-0.39, 0.29) is 5.75 Å². The first kappa shape index (κ1) is 23.8. The summed E-state index contributed by atoms with van der Waals surface area (Å²) in [6, 6.07) is 5.57. The smallest absolute Gasteiger partial charge is 0.408 e. The average Bonchev–Trinajstić information content (AvgIpc) is 2.63. The molecule has 2 rings (SSSR count). The van der Waals surface area contributed by atoms with Gasteiger partial charge in [-0.05, 0) is 63.3 Å². The number of carbonyl (C=O) groups is 2. The Bertz CT molecular complexity index is 947. The molecule has 164 valence electrons. The zero-order valence-electron chi connectivity index (χ0n) is 18.1. The Morgan fingerprint density at radius 2 is 1.97 bits per heavy atom. The maximum Gasteiger partial charge on any atom is 0.408 e. The second-order valence-corrected chi connectivity index (χ2v) is 8.89. The number of rotatable bonds is 8. The number of benzene rings is 1. The summed E-state index contributed by atoms with van der Waals surface area (Å²) in [4.78, 5) is 36.6. The van der Waals surface area contributed by atoms with Gasteiger partial charge in [0.25, 0.3) is 0 Å². The summed E-state index contributed by atoms with van der Waals surface area (Å²) in [6.07, 6.45) is 3.26. The van der Waals surface area contributed by atoms with Gasteiger partial charge in [0, 0.05) is 17.5 Å². The number of nitrogens with one attached hydrogen (secondary N) is 1. The molecular formula is C22H29NO6S. The number of hydrogen-bond donors (Lipinski definition) is 1. The molecule has 7 nitrogen and oxygen atoms in total. The van der Waals surface area contributed by atoms with E-state index in [4.69, 9.17) is 13.9 Å². The Hall–Kier alpha value is -2.48. The predicted molar refractivity (Wildman–Crippen MR) is 118 cm³/mol. The number of carbonyl (C=O) groups excluding carboxylic acids is 2. The molecule has 0 saturated heterocycles. The molecule has 8 heteroatoms. The molecule has 1 heterocycles. The van der Waals surface area contributed by atoms with E-state index in [1.807, 2.05) is 13.2 Å². The van der Waals surface area contributed by atoms with Crippen molar-refractivity contribution in [2.75, 3.05) is 12.0 Å². The van der Waals surface area contributed by atoms with Gasteiger partial charge in [0.05, 0.1) is 0 Å². The molecule has 1 aromatic carbocycles. The van der Waals surface area contributed by atoms with Crippen molar-refractivity contribution >= 4 is 34.8 Å². The van der Waals surface area contributed by atoms with Crippen LogP contribution in [0.2, 0.25) is 0 Å². The van der Waals surface area contributed by atoms with Gasteiger partial charge >= 0.3 is 17.7 Å². The van der Waals surface area contributed by atoms with Crippen molar-refractivity contribution in [3.63, 3.8) is 0 Å². The molecule has 1 atom stereocenters. The predicted octanol–water partition coefficient (Wildman–Crippen LogP) is 4.30. The zero-order valence-corrected chi connectivity index (χ0v) is 18.9. The van der Waals surface area contributed by atoms with Crippen LogP contribution in [0.4, 0.5) is 4.79 Å². The van der Waals surface area contributed by atoms with Crippen molar-refractivity contribution in [3.05, 3.63) is 40.2 Å². The summed E-state index contributed by atoms with van der Waals surface area (Å²) in [5.74, 6) is 0.286. The minimum Gasteiger partial charge on any atom is -0.444 e. The summed E-state index contributed by atoms with van der Waals surface area (Å²) in [5.41, 5.74) is 0.131. The second-order valence-electron chi connectivity index (χ2n) is 7.90. The standard InChI is InChI=1S/C22H29NO6S/c1-6-7-14-12-19(24)28-18-13-15(8-9-16(14)18)27-20(25)17(10-11-30-5)23-21(26)29-22(2,3)4/h8-9,12-13,17H,6-7,10-11H2,1-5H3,(H,23,26)/t17-/m1/s1. The van der Waals surface area contributed by atoms with Crippen molar-refractivity contribution in [1.29, 1.82) is 0 Å². The maximum absolute atomic E-state index is 12.7. The molecule has 1 N–H and O–H groups in total. The van der Waals surface area contributed by atoms with Gasteiger partial charge in [0.1, 0.15) is 23.0 Å². The lowest BCUT2D eigenvalue weighted by atomic mass is 10.1. The van der Waals surface area contributed by atoms with Crippen molar-refractivity contribution < 1.29 is 23.5 Å².